The van der Waals surface area contributed by atoms with Crippen molar-refractivity contribution in [2.24, 2.45) is 5.73 Å². The molecule has 0 aliphatic carbocycles. The van der Waals surface area contributed by atoms with Gasteiger partial charge in [0.15, 0.2) is 0 Å². The molecule has 2 aromatic rings. The van der Waals surface area contributed by atoms with Crippen LogP contribution in [0.25, 0.3) is 0 Å². The smallest absolute Gasteiger partial charge is 0.0405 e. The number of hydrogen-bond donors (Lipinski definition) is 1. The maximum atomic E-state index is 6.13. The molecule has 1 heterocycles. The highest BCUT2D eigenvalue weighted by Crippen LogP contribution is 2.25. The maximum absolute atomic E-state index is 6.13. The molecule has 0 radical (unpaired) electrons. The number of pyridine rings is 1. The van der Waals surface area contributed by atoms with Gasteiger partial charge in [-0.25, -0.2) is 0 Å². The Morgan fingerprint density at radius 3 is 2.76 bits per heavy atom. The van der Waals surface area contributed by atoms with Gasteiger partial charge in [0.05, 0.1) is 0 Å². The first-order valence-electron chi connectivity index (χ1n) is 5.61. The normalized spacial score (nSPS) is 12.4. The summed E-state index contributed by atoms with van der Waals surface area (Å²) in [6.45, 7) is 2.12. The molecule has 2 N–H and O–H groups in total. The van der Waals surface area contributed by atoms with E-state index in [-0.39, 0.29) is 6.04 Å². The Morgan fingerprint density at radius 2 is 2.06 bits per heavy atom. The summed E-state index contributed by atoms with van der Waals surface area (Å²) in [5.41, 5.74) is 8.53. The van der Waals surface area contributed by atoms with Crippen molar-refractivity contribution in [2.45, 2.75) is 17.9 Å². The van der Waals surface area contributed by atoms with Crippen LogP contribution in [0.15, 0.2) is 53.7 Å². The first-order chi connectivity index (χ1) is 8.27. The van der Waals surface area contributed by atoms with Gasteiger partial charge in [0, 0.05) is 29.1 Å². The van der Waals surface area contributed by atoms with Crippen LogP contribution in [0.3, 0.4) is 0 Å². The van der Waals surface area contributed by atoms with Crippen LogP contribution < -0.4 is 5.73 Å². The van der Waals surface area contributed by atoms with Crippen LogP contribution in [0.5, 0.6) is 0 Å². The van der Waals surface area contributed by atoms with E-state index >= 15 is 0 Å². The zero-order valence-corrected chi connectivity index (χ0v) is 10.7. The third-order valence-corrected chi connectivity index (χ3v) is 3.92. The lowest BCUT2D eigenvalue weighted by atomic mass is 10.2. The first-order valence-corrected chi connectivity index (χ1v) is 6.60. The summed E-state index contributed by atoms with van der Waals surface area (Å²) in [6, 6.07) is 12.4. The molecule has 0 fully saturated rings. The van der Waals surface area contributed by atoms with Crippen molar-refractivity contribution in [3.8, 4) is 0 Å². The molecule has 1 unspecified atom stereocenters. The van der Waals surface area contributed by atoms with Gasteiger partial charge >= 0.3 is 0 Å². The fraction of sp³-hybridized carbons (Fsp3) is 0.214. The molecule has 0 bridgehead atoms. The number of hydrogen-bond acceptors (Lipinski definition) is 3. The number of benzene rings is 1. The highest BCUT2D eigenvalue weighted by Gasteiger charge is 2.07. The Morgan fingerprint density at radius 1 is 1.24 bits per heavy atom. The molecule has 0 saturated carbocycles. The summed E-state index contributed by atoms with van der Waals surface area (Å²) in [4.78, 5) is 5.39. The van der Waals surface area contributed by atoms with Crippen LogP contribution in [0, 0.1) is 6.92 Å². The maximum Gasteiger partial charge on any atom is 0.0405 e. The lowest BCUT2D eigenvalue weighted by molar-refractivity contribution is 0.824. The van der Waals surface area contributed by atoms with Crippen molar-refractivity contribution in [1.29, 1.82) is 0 Å². The minimum absolute atomic E-state index is 0.0355. The molecular formula is C14H16N2S. The van der Waals surface area contributed by atoms with Crippen LogP contribution in [0.1, 0.15) is 17.2 Å². The van der Waals surface area contributed by atoms with Crippen LogP contribution in [-0.2, 0) is 0 Å². The minimum Gasteiger partial charge on any atom is -0.323 e. The number of thioether (sulfide) groups is 1. The average Bonchev–Trinajstić information content (AvgIpc) is 2.38. The molecule has 0 amide bonds. The van der Waals surface area contributed by atoms with E-state index in [0.29, 0.717) is 0 Å². The molecule has 2 nitrogen and oxygen atoms in total. The van der Waals surface area contributed by atoms with Crippen LogP contribution >= 0.6 is 11.8 Å². The van der Waals surface area contributed by atoms with Gasteiger partial charge in [0.1, 0.15) is 0 Å². The van der Waals surface area contributed by atoms with E-state index in [0.717, 1.165) is 11.3 Å². The van der Waals surface area contributed by atoms with E-state index < -0.39 is 0 Å². The summed E-state index contributed by atoms with van der Waals surface area (Å²) in [7, 11) is 0. The fourth-order valence-electron chi connectivity index (χ4n) is 1.59. The number of nitrogens with two attached hydrogens (primary N) is 1. The predicted octanol–water partition coefficient (Wildman–Crippen LogP) is 3.18. The molecule has 88 valence electrons. The van der Waals surface area contributed by atoms with Crippen molar-refractivity contribution in [3.05, 3.63) is 59.9 Å². The summed E-state index contributed by atoms with van der Waals surface area (Å²) in [6.07, 6.45) is 3.60. The largest absolute Gasteiger partial charge is 0.323 e. The lowest BCUT2D eigenvalue weighted by Gasteiger charge is -2.12. The third-order valence-electron chi connectivity index (χ3n) is 2.62. The highest BCUT2D eigenvalue weighted by atomic mass is 32.2. The van der Waals surface area contributed by atoms with E-state index in [4.69, 9.17) is 5.73 Å². The summed E-state index contributed by atoms with van der Waals surface area (Å²) < 4.78 is 0. The molecule has 2 rings (SSSR count). The molecule has 3 heteroatoms. The number of rotatable bonds is 4. The predicted molar refractivity (Wildman–Crippen MR) is 73.1 cm³/mol. The van der Waals surface area contributed by atoms with Gasteiger partial charge in [0.2, 0.25) is 0 Å². The Bertz CT molecular complexity index is 471. The number of aromatic nitrogens is 1. The van der Waals surface area contributed by atoms with Gasteiger partial charge in [-0.15, -0.1) is 11.8 Å². The first kappa shape index (κ1) is 12.1. The Kier molecular flexibility index (Phi) is 4.18. The number of aryl methyl sites for hydroxylation is 1. The summed E-state index contributed by atoms with van der Waals surface area (Å²) in [5, 5.41) is 0. The second-order valence-corrected chi connectivity index (χ2v) is 5.03. The zero-order valence-electron chi connectivity index (χ0n) is 9.84. The molecule has 17 heavy (non-hydrogen) atoms. The minimum atomic E-state index is 0.0355. The van der Waals surface area contributed by atoms with Crippen molar-refractivity contribution < 1.29 is 0 Å². The molecule has 0 saturated heterocycles. The molecule has 1 aromatic carbocycles. The monoisotopic (exact) mass is 244 g/mol. The molecular weight excluding hydrogens is 228 g/mol. The van der Waals surface area contributed by atoms with Crippen LogP contribution in [0.2, 0.25) is 0 Å². The van der Waals surface area contributed by atoms with Gasteiger partial charge in [-0.2, -0.15) is 0 Å². The molecule has 1 atom stereocenters. The summed E-state index contributed by atoms with van der Waals surface area (Å²) >= 11 is 1.80. The van der Waals surface area contributed by atoms with E-state index in [1.807, 2.05) is 18.3 Å². The fourth-order valence-corrected chi connectivity index (χ4v) is 2.61. The van der Waals surface area contributed by atoms with E-state index in [2.05, 4.69) is 36.2 Å². The van der Waals surface area contributed by atoms with Crippen LogP contribution in [-0.4, -0.2) is 10.7 Å². The molecule has 0 aliphatic rings. The Balaban J connectivity index is 1.97. The van der Waals surface area contributed by atoms with Crippen LogP contribution in [0.4, 0.5) is 0 Å². The zero-order chi connectivity index (χ0) is 12.1. The van der Waals surface area contributed by atoms with Crippen molar-refractivity contribution in [2.75, 3.05) is 5.75 Å². The SMILES string of the molecule is Cc1ccccc1SCC(N)c1cccnc1. The molecule has 0 spiro atoms. The van der Waals surface area contributed by atoms with E-state index in [9.17, 15) is 0 Å². The van der Waals surface area contributed by atoms with Gasteiger partial charge in [-0.1, -0.05) is 24.3 Å². The van der Waals surface area contributed by atoms with Crippen molar-refractivity contribution >= 4 is 11.8 Å². The second-order valence-electron chi connectivity index (χ2n) is 3.97. The van der Waals surface area contributed by atoms with Gasteiger partial charge in [0.25, 0.3) is 0 Å². The quantitative estimate of drug-likeness (QED) is 0.840. The third kappa shape index (κ3) is 3.32. The Hall–Kier alpha value is -1.32. The number of nitrogens with zero attached hydrogens (tertiary/aromatic N) is 1. The van der Waals surface area contributed by atoms with Gasteiger partial charge in [-0.3, -0.25) is 4.98 Å². The average molecular weight is 244 g/mol. The Labute approximate surface area is 106 Å². The van der Waals surface area contributed by atoms with Crippen molar-refractivity contribution in [3.63, 3.8) is 0 Å². The topological polar surface area (TPSA) is 38.9 Å². The highest BCUT2D eigenvalue weighted by molar-refractivity contribution is 7.99. The second kappa shape index (κ2) is 5.84. The standard InChI is InChI=1S/C14H16N2S/c1-11-5-2-3-7-14(11)17-10-13(15)12-6-4-8-16-9-12/h2-9,13H,10,15H2,1H3. The van der Waals surface area contributed by atoms with E-state index in [1.54, 1.807) is 18.0 Å². The lowest BCUT2D eigenvalue weighted by Crippen LogP contribution is -2.13. The van der Waals surface area contributed by atoms with Crippen molar-refractivity contribution in [1.82, 2.24) is 4.98 Å². The summed E-state index contributed by atoms with van der Waals surface area (Å²) in [5.74, 6) is 0.872. The van der Waals surface area contributed by atoms with Gasteiger partial charge in [-0.05, 0) is 30.2 Å². The van der Waals surface area contributed by atoms with Gasteiger partial charge < -0.3 is 5.73 Å². The van der Waals surface area contributed by atoms with E-state index in [1.165, 1.54) is 10.5 Å². The molecule has 0 aliphatic heterocycles. The molecule has 1 aromatic heterocycles.